The molecule has 0 saturated heterocycles. The highest BCUT2D eigenvalue weighted by Gasteiger charge is 2.34. The van der Waals surface area contributed by atoms with Crippen LogP contribution in [0, 0.1) is 0 Å². The first-order chi connectivity index (χ1) is 11.4. The molecule has 4 unspecified atom stereocenters. The van der Waals surface area contributed by atoms with Crippen molar-refractivity contribution in [3.05, 3.63) is 17.7 Å². The molecule has 0 aromatic heterocycles. The summed E-state index contributed by atoms with van der Waals surface area (Å²) in [4.78, 5) is 30.3. The van der Waals surface area contributed by atoms with Crippen LogP contribution in [0.25, 0.3) is 0 Å². The Labute approximate surface area is 139 Å². The second-order valence-electron chi connectivity index (χ2n) is 4.56. The summed E-state index contributed by atoms with van der Waals surface area (Å²) in [7, 11) is 0. The second kappa shape index (κ2) is 9.39. The van der Waals surface area contributed by atoms with Crippen LogP contribution >= 0.6 is 0 Å². The summed E-state index contributed by atoms with van der Waals surface area (Å²) in [5.41, 5.74) is -0.289. The predicted octanol–water partition coefficient (Wildman–Crippen LogP) is -2.78. The highest BCUT2D eigenvalue weighted by Crippen LogP contribution is 2.35. The molecule has 0 spiro atoms. The highest BCUT2D eigenvalue weighted by atomic mass is 16.4. The van der Waals surface area contributed by atoms with Crippen molar-refractivity contribution in [3.8, 4) is 17.2 Å². The highest BCUT2D eigenvalue weighted by molar-refractivity contribution is 5.89. The van der Waals surface area contributed by atoms with Gasteiger partial charge in [0.1, 0.15) is 18.3 Å². The monoisotopic (exact) mass is 364 g/mol. The molecule has 0 heterocycles. The van der Waals surface area contributed by atoms with Crippen molar-refractivity contribution < 1.29 is 60.3 Å². The van der Waals surface area contributed by atoms with E-state index in [1.807, 2.05) is 0 Å². The molecular weight excluding hydrogens is 348 g/mol. The fourth-order valence-corrected chi connectivity index (χ4v) is 1.34. The topological polar surface area (TPSA) is 233 Å². The largest absolute Gasteiger partial charge is 0.504 e. The second-order valence-corrected chi connectivity index (χ2v) is 4.56. The maximum atomic E-state index is 10.3. The van der Waals surface area contributed by atoms with Crippen molar-refractivity contribution in [3.63, 3.8) is 0 Å². The minimum atomic E-state index is -2.25. The molecule has 0 bridgehead atoms. The number of carboxylic acids is 2. The molecule has 4 atom stereocenters. The van der Waals surface area contributed by atoms with Crippen LogP contribution in [-0.4, -0.2) is 88.6 Å². The Balaban J connectivity index is 0.000000462. The molecule has 0 aliphatic carbocycles. The van der Waals surface area contributed by atoms with Gasteiger partial charge in [-0.15, -0.1) is 0 Å². The summed E-state index contributed by atoms with van der Waals surface area (Å²) < 4.78 is 0. The summed E-state index contributed by atoms with van der Waals surface area (Å²) in [6.07, 6.45) is -8.39. The Morgan fingerprint density at radius 2 is 1.32 bits per heavy atom. The maximum absolute atomic E-state index is 10.3. The smallest absolute Gasteiger partial charge is 0.335 e. The van der Waals surface area contributed by atoms with Crippen LogP contribution in [0.4, 0.5) is 0 Å². The van der Waals surface area contributed by atoms with Gasteiger partial charge < -0.3 is 50.8 Å². The number of phenols is 3. The van der Waals surface area contributed by atoms with E-state index in [9.17, 15) is 14.4 Å². The number of aliphatic hydroxyl groups excluding tert-OH is 4. The molecular formula is C13H16O12. The first-order valence-electron chi connectivity index (χ1n) is 6.32. The maximum Gasteiger partial charge on any atom is 0.335 e. The lowest BCUT2D eigenvalue weighted by atomic mass is 10.0. The van der Waals surface area contributed by atoms with E-state index in [0.717, 1.165) is 12.1 Å². The first kappa shape index (κ1) is 22.1. The Kier molecular flexibility index (Phi) is 8.29. The number of aliphatic carboxylic acids is 1. The van der Waals surface area contributed by atoms with Crippen LogP contribution in [0.3, 0.4) is 0 Å². The van der Waals surface area contributed by atoms with Crippen LogP contribution in [0.1, 0.15) is 10.4 Å². The van der Waals surface area contributed by atoms with Gasteiger partial charge in [-0.2, -0.15) is 0 Å². The van der Waals surface area contributed by atoms with E-state index in [1.54, 1.807) is 0 Å². The van der Waals surface area contributed by atoms with E-state index in [1.165, 1.54) is 0 Å². The van der Waals surface area contributed by atoms with Crippen LogP contribution in [0.15, 0.2) is 12.1 Å². The van der Waals surface area contributed by atoms with E-state index < -0.39 is 53.6 Å². The minimum absolute atomic E-state index is 0.0809. The SMILES string of the molecule is O=C(O)c1cc(O)c(O)c(O)c1.O=CC(O)C(O)C(O)C(O)C(=O)O. The fraction of sp³-hybridized carbons (Fsp3) is 0.308. The van der Waals surface area contributed by atoms with Crippen LogP contribution in [0.2, 0.25) is 0 Å². The minimum Gasteiger partial charge on any atom is -0.504 e. The Morgan fingerprint density at radius 3 is 1.64 bits per heavy atom. The molecule has 0 saturated carbocycles. The number of rotatable bonds is 6. The zero-order chi connectivity index (χ0) is 19.9. The van der Waals surface area contributed by atoms with Gasteiger partial charge in [-0.25, -0.2) is 9.59 Å². The van der Waals surface area contributed by atoms with E-state index in [-0.39, 0.29) is 11.8 Å². The first-order valence-corrected chi connectivity index (χ1v) is 6.32. The number of phenolic OH excluding ortho intramolecular Hbond substituents is 3. The van der Waals surface area contributed by atoms with Crippen molar-refractivity contribution in [1.29, 1.82) is 0 Å². The summed E-state index contributed by atoms with van der Waals surface area (Å²) in [5, 5.41) is 78.1. The number of carboxylic acid groups (broad SMARTS) is 2. The van der Waals surface area contributed by atoms with Gasteiger partial charge >= 0.3 is 11.9 Å². The van der Waals surface area contributed by atoms with Crippen LogP contribution in [-0.2, 0) is 9.59 Å². The molecule has 25 heavy (non-hydrogen) atoms. The summed E-state index contributed by atoms with van der Waals surface area (Å²) in [5.74, 6) is -5.09. The number of carbonyl (C=O) groups is 3. The number of carbonyl (C=O) groups excluding carboxylic acids is 1. The lowest BCUT2D eigenvalue weighted by molar-refractivity contribution is -0.163. The van der Waals surface area contributed by atoms with Gasteiger partial charge in [-0.05, 0) is 12.1 Å². The normalized spacial score (nSPS) is 15.0. The van der Waals surface area contributed by atoms with Crippen LogP contribution in [0.5, 0.6) is 17.2 Å². The van der Waals surface area contributed by atoms with Crippen molar-refractivity contribution in [2.45, 2.75) is 24.4 Å². The lowest BCUT2D eigenvalue weighted by Gasteiger charge is -2.21. The van der Waals surface area contributed by atoms with Crippen molar-refractivity contribution >= 4 is 18.2 Å². The van der Waals surface area contributed by atoms with Crippen molar-refractivity contribution in [2.24, 2.45) is 0 Å². The Bertz CT molecular complexity index is 604. The van der Waals surface area contributed by atoms with Crippen molar-refractivity contribution in [2.75, 3.05) is 0 Å². The van der Waals surface area contributed by atoms with Gasteiger partial charge in [0.05, 0.1) is 5.56 Å². The molecule has 0 aliphatic heterocycles. The van der Waals surface area contributed by atoms with Gasteiger partial charge in [0.2, 0.25) is 0 Å². The number of aliphatic hydroxyl groups is 4. The third kappa shape index (κ3) is 6.23. The number of hydrogen-bond donors (Lipinski definition) is 9. The molecule has 1 rings (SSSR count). The quantitative estimate of drug-likeness (QED) is 0.184. The zero-order valence-electron chi connectivity index (χ0n) is 12.3. The van der Waals surface area contributed by atoms with Gasteiger partial charge in [-0.3, -0.25) is 0 Å². The Morgan fingerprint density at radius 1 is 0.880 bits per heavy atom. The predicted molar refractivity (Wildman–Crippen MR) is 76.1 cm³/mol. The van der Waals surface area contributed by atoms with E-state index in [4.69, 9.17) is 46.0 Å². The summed E-state index contributed by atoms with van der Waals surface area (Å²) in [6, 6.07) is 1.69. The molecule has 1 aromatic carbocycles. The van der Waals surface area contributed by atoms with Gasteiger partial charge in [-0.1, -0.05) is 0 Å². The third-order valence-corrected chi connectivity index (χ3v) is 2.73. The van der Waals surface area contributed by atoms with E-state index in [2.05, 4.69) is 0 Å². The average Bonchev–Trinajstić information content (AvgIpc) is 2.56. The molecule has 1 aromatic rings. The fourth-order valence-electron chi connectivity index (χ4n) is 1.34. The molecule has 12 heteroatoms. The van der Waals surface area contributed by atoms with Gasteiger partial charge in [0.15, 0.2) is 29.6 Å². The van der Waals surface area contributed by atoms with E-state index >= 15 is 0 Å². The average molecular weight is 364 g/mol. The van der Waals surface area contributed by atoms with Gasteiger partial charge in [0, 0.05) is 0 Å². The van der Waals surface area contributed by atoms with Crippen LogP contribution < -0.4 is 0 Å². The number of benzene rings is 1. The lowest BCUT2D eigenvalue weighted by Crippen LogP contribution is -2.48. The summed E-state index contributed by atoms with van der Waals surface area (Å²) in [6.45, 7) is 0. The molecule has 0 radical (unpaired) electrons. The molecule has 140 valence electrons. The molecule has 0 amide bonds. The molecule has 0 fully saturated rings. The zero-order valence-corrected chi connectivity index (χ0v) is 12.3. The number of aromatic carboxylic acids is 1. The Hall–Kier alpha value is -2.93. The number of hydrogen-bond acceptors (Lipinski definition) is 10. The number of aromatic hydroxyl groups is 3. The van der Waals surface area contributed by atoms with E-state index in [0.29, 0.717) is 0 Å². The van der Waals surface area contributed by atoms with Gasteiger partial charge in [0.25, 0.3) is 0 Å². The summed E-state index contributed by atoms with van der Waals surface area (Å²) >= 11 is 0. The number of aldehydes is 1. The standard InChI is InChI=1S/C7H6O5.C6H10O7/c8-4-1-3(7(11)12)2-5(9)6(4)10;7-1-2(8)3(9)4(10)5(11)6(12)13/h1-2,8-10H,(H,11,12);1-5,8-11H,(H,12,13). The third-order valence-electron chi connectivity index (χ3n) is 2.73. The molecule has 0 aliphatic rings. The molecule has 9 N–H and O–H groups in total. The molecule has 12 nitrogen and oxygen atoms in total. The van der Waals surface area contributed by atoms with Crippen molar-refractivity contribution in [1.82, 2.24) is 0 Å².